The lowest BCUT2D eigenvalue weighted by atomic mass is 10.1. The Morgan fingerprint density at radius 1 is 1.43 bits per heavy atom. The summed E-state index contributed by atoms with van der Waals surface area (Å²) >= 11 is 0. The molecule has 0 aliphatic carbocycles. The topological polar surface area (TPSA) is 58.6 Å². The predicted octanol–water partition coefficient (Wildman–Crippen LogP) is 1.86. The third kappa shape index (κ3) is 3.37. The maximum atomic E-state index is 13.8. The molecule has 2 saturated heterocycles. The van der Waals surface area contributed by atoms with E-state index in [9.17, 15) is 14.0 Å². The monoisotopic (exact) mass is 320 g/mol. The predicted molar refractivity (Wildman–Crippen MR) is 83.4 cm³/mol. The summed E-state index contributed by atoms with van der Waals surface area (Å²) in [4.78, 5) is 25.9. The van der Waals surface area contributed by atoms with Gasteiger partial charge in [-0.15, -0.1) is 0 Å². The van der Waals surface area contributed by atoms with Gasteiger partial charge >= 0.3 is 0 Å². The molecule has 5 nitrogen and oxygen atoms in total. The first-order valence-corrected chi connectivity index (χ1v) is 8.03. The number of carbonyl (C=O) groups is 2. The lowest BCUT2D eigenvalue weighted by Gasteiger charge is -2.22. The van der Waals surface area contributed by atoms with Crippen molar-refractivity contribution in [1.29, 1.82) is 0 Å². The Kier molecular flexibility index (Phi) is 4.61. The van der Waals surface area contributed by atoms with E-state index >= 15 is 0 Å². The van der Waals surface area contributed by atoms with Gasteiger partial charge in [-0.05, 0) is 31.9 Å². The second-order valence-electron chi connectivity index (χ2n) is 6.21. The summed E-state index contributed by atoms with van der Waals surface area (Å²) in [5.74, 6) is -1.29. The summed E-state index contributed by atoms with van der Waals surface area (Å²) in [6.07, 6.45) is 2.09. The second-order valence-corrected chi connectivity index (χ2v) is 6.21. The van der Waals surface area contributed by atoms with E-state index in [4.69, 9.17) is 4.74 Å². The van der Waals surface area contributed by atoms with Gasteiger partial charge in [-0.3, -0.25) is 9.59 Å². The third-order valence-corrected chi connectivity index (χ3v) is 4.53. The molecule has 1 N–H and O–H groups in total. The van der Waals surface area contributed by atoms with Crippen molar-refractivity contribution in [2.75, 3.05) is 18.1 Å². The van der Waals surface area contributed by atoms with Crippen LogP contribution in [0.3, 0.4) is 0 Å². The number of carbonyl (C=O) groups excluding carboxylic acids is 2. The first-order chi connectivity index (χ1) is 11.1. The largest absolute Gasteiger partial charge is 0.376 e. The first kappa shape index (κ1) is 15.9. The normalized spacial score (nSPS) is 25.7. The molecule has 2 aliphatic heterocycles. The lowest BCUT2D eigenvalue weighted by Crippen LogP contribution is -2.44. The van der Waals surface area contributed by atoms with Crippen LogP contribution in [-0.2, 0) is 14.3 Å². The Morgan fingerprint density at radius 3 is 2.91 bits per heavy atom. The van der Waals surface area contributed by atoms with Crippen molar-refractivity contribution in [1.82, 2.24) is 5.32 Å². The van der Waals surface area contributed by atoms with E-state index < -0.39 is 11.7 Å². The van der Waals surface area contributed by atoms with Gasteiger partial charge in [0.1, 0.15) is 5.82 Å². The number of para-hydroxylation sites is 1. The van der Waals surface area contributed by atoms with E-state index in [2.05, 4.69) is 5.32 Å². The molecule has 23 heavy (non-hydrogen) atoms. The van der Waals surface area contributed by atoms with E-state index in [0.29, 0.717) is 0 Å². The minimum atomic E-state index is -0.453. The van der Waals surface area contributed by atoms with Crippen molar-refractivity contribution in [3.05, 3.63) is 30.1 Å². The van der Waals surface area contributed by atoms with Gasteiger partial charge in [-0.2, -0.15) is 0 Å². The Morgan fingerprint density at radius 2 is 2.22 bits per heavy atom. The number of hydrogen-bond donors (Lipinski definition) is 1. The number of nitrogens with zero attached hydrogens (tertiary/aromatic N) is 1. The fraction of sp³-hybridized carbons (Fsp3) is 0.529. The molecule has 3 atom stereocenters. The molecule has 3 rings (SSSR count). The number of nitrogens with one attached hydrogen (secondary N) is 1. The molecule has 2 heterocycles. The highest BCUT2D eigenvalue weighted by Gasteiger charge is 2.37. The average Bonchev–Trinajstić information content (AvgIpc) is 3.17. The van der Waals surface area contributed by atoms with E-state index in [0.717, 1.165) is 19.4 Å². The number of halogens is 1. The minimum Gasteiger partial charge on any atom is -0.376 e. The number of ether oxygens (including phenoxy) is 1. The SMILES string of the molecule is C[C@H](NC(=O)[C@H]1CC(=O)N(c2ccccc2F)C1)[C@@H]1CCCO1. The molecule has 2 fully saturated rings. The Balaban J connectivity index is 1.62. The number of amides is 2. The van der Waals surface area contributed by atoms with Gasteiger partial charge in [0.05, 0.1) is 23.8 Å². The van der Waals surface area contributed by atoms with Crippen molar-refractivity contribution in [2.45, 2.75) is 38.3 Å². The zero-order chi connectivity index (χ0) is 16.4. The van der Waals surface area contributed by atoms with Crippen molar-refractivity contribution >= 4 is 17.5 Å². The quantitative estimate of drug-likeness (QED) is 0.921. The first-order valence-electron chi connectivity index (χ1n) is 8.03. The molecule has 124 valence electrons. The molecular weight excluding hydrogens is 299 g/mol. The van der Waals surface area contributed by atoms with Crippen molar-refractivity contribution < 1.29 is 18.7 Å². The van der Waals surface area contributed by atoms with Gasteiger partial charge < -0.3 is 15.0 Å². The molecule has 0 radical (unpaired) electrons. The molecule has 6 heteroatoms. The van der Waals surface area contributed by atoms with Crippen molar-refractivity contribution in [2.24, 2.45) is 5.92 Å². The fourth-order valence-corrected chi connectivity index (χ4v) is 3.22. The number of benzene rings is 1. The van der Waals surface area contributed by atoms with Gasteiger partial charge in [0.15, 0.2) is 0 Å². The highest BCUT2D eigenvalue weighted by Crippen LogP contribution is 2.27. The van der Waals surface area contributed by atoms with Crippen LogP contribution in [0.15, 0.2) is 24.3 Å². The van der Waals surface area contributed by atoms with Crippen LogP contribution in [0.25, 0.3) is 0 Å². The minimum absolute atomic E-state index is 0.0405. The fourth-order valence-electron chi connectivity index (χ4n) is 3.22. The van der Waals surface area contributed by atoms with Gasteiger partial charge in [0, 0.05) is 19.6 Å². The van der Waals surface area contributed by atoms with E-state index in [1.807, 2.05) is 6.92 Å². The van der Waals surface area contributed by atoms with Crippen LogP contribution in [0.4, 0.5) is 10.1 Å². The summed E-state index contributed by atoms with van der Waals surface area (Å²) in [5.41, 5.74) is 0.236. The summed E-state index contributed by atoms with van der Waals surface area (Å²) in [7, 11) is 0. The highest BCUT2D eigenvalue weighted by molar-refractivity contribution is 6.00. The van der Waals surface area contributed by atoms with Crippen molar-refractivity contribution in [3.8, 4) is 0 Å². The molecular formula is C17H21FN2O3. The van der Waals surface area contributed by atoms with Crippen LogP contribution in [-0.4, -0.2) is 37.1 Å². The zero-order valence-corrected chi connectivity index (χ0v) is 13.1. The number of hydrogen-bond acceptors (Lipinski definition) is 3. The van der Waals surface area contributed by atoms with Gasteiger partial charge in [0.25, 0.3) is 0 Å². The lowest BCUT2D eigenvalue weighted by molar-refractivity contribution is -0.127. The summed E-state index contributed by atoms with van der Waals surface area (Å²) in [6, 6.07) is 6.05. The molecule has 0 bridgehead atoms. The standard InChI is InChI=1S/C17H21FN2O3/c1-11(15-7-4-8-23-15)19-17(22)12-9-16(21)20(10-12)14-6-3-2-5-13(14)18/h2-3,5-6,11-12,15H,4,7-10H2,1H3,(H,19,22)/t11-,12-,15-/m0/s1. The molecule has 2 amide bonds. The van der Waals surface area contributed by atoms with Crippen LogP contribution in [0, 0.1) is 11.7 Å². The summed E-state index contributed by atoms with van der Waals surface area (Å²) in [5, 5.41) is 2.93. The van der Waals surface area contributed by atoms with Gasteiger partial charge in [-0.1, -0.05) is 12.1 Å². The van der Waals surface area contributed by atoms with Gasteiger partial charge in [0.2, 0.25) is 11.8 Å². The molecule has 1 aromatic carbocycles. The maximum absolute atomic E-state index is 13.8. The Hall–Kier alpha value is -1.95. The second kappa shape index (κ2) is 6.66. The smallest absolute Gasteiger partial charge is 0.227 e. The summed E-state index contributed by atoms with van der Waals surface area (Å²) < 4.78 is 19.4. The Bertz CT molecular complexity index is 601. The highest BCUT2D eigenvalue weighted by atomic mass is 19.1. The van der Waals surface area contributed by atoms with Crippen LogP contribution < -0.4 is 10.2 Å². The molecule has 2 aliphatic rings. The zero-order valence-electron chi connectivity index (χ0n) is 13.1. The van der Waals surface area contributed by atoms with Crippen LogP contribution in [0.2, 0.25) is 0 Å². The van der Waals surface area contributed by atoms with Crippen LogP contribution in [0.5, 0.6) is 0 Å². The van der Waals surface area contributed by atoms with Crippen molar-refractivity contribution in [3.63, 3.8) is 0 Å². The molecule has 0 aromatic heterocycles. The number of rotatable bonds is 4. The van der Waals surface area contributed by atoms with Crippen LogP contribution in [0.1, 0.15) is 26.2 Å². The van der Waals surface area contributed by atoms with E-state index in [1.54, 1.807) is 18.2 Å². The molecule has 1 aromatic rings. The average molecular weight is 320 g/mol. The maximum Gasteiger partial charge on any atom is 0.227 e. The molecule has 0 unspecified atom stereocenters. The van der Waals surface area contributed by atoms with E-state index in [1.165, 1.54) is 11.0 Å². The summed E-state index contributed by atoms with van der Waals surface area (Å²) in [6.45, 7) is 2.86. The third-order valence-electron chi connectivity index (χ3n) is 4.53. The van der Waals surface area contributed by atoms with E-state index in [-0.39, 0.29) is 42.6 Å². The van der Waals surface area contributed by atoms with Gasteiger partial charge in [-0.25, -0.2) is 4.39 Å². The van der Waals surface area contributed by atoms with Crippen LogP contribution >= 0.6 is 0 Å². The number of anilines is 1. The molecule has 0 saturated carbocycles. The Labute approximate surface area is 134 Å². The molecule has 0 spiro atoms.